The smallest absolute Gasteiger partial charge is 0.266 e. The Hall–Kier alpha value is -0.870. The van der Waals surface area contributed by atoms with Crippen LogP contribution in [0.2, 0.25) is 0 Å². The van der Waals surface area contributed by atoms with Gasteiger partial charge in [0, 0.05) is 0 Å². The van der Waals surface area contributed by atoms with Crippen molar-refractivity contribution in [1.82, 2.24) is 0 Å². The average Bonchev–Trinajstić information content (AvgIpc) is 2.92. The number of benzene rings is 1. The summed E-state index contributed by atoms with van der Waals surface area (Å²) >= 11 is 0. The van der Waals surface area contributed by atoms with Gasteiger partial charge in [0.05, 0.1) is 11.5 Å². The van der Waals surface area contributed by atoms with Crippen molar-refractivity contribution in [2.75, 3.05) is 6.61 Å². The third-order valence-electron chi connectivity index (χ3n) is 4.03. The summed E-state index contributed by atoms with van der Waals surface area (Å²) in [5.74, 6) is 0.865. The molecule has 1 fully saturated rings. The Morgan fingerprint density at radius 3 is 2.40 bits per heavy atom. The maximum absolute atomic E-state index is 11.9. The third-order valence-corrected chi connectivity index (χ3v) is 5.36. The normalized spacial score (nSPS) is 16.6. The second-order valence-corrected chi connectivity index (χ2v) is 7.35. The predicted molar refractivity (Wildman–Crippen MR) is 80.1 cm³/mol. The van der Waals surface area contributed by atoms with Crippen LogP contribution in [-0.2, 0) is 14.3 Å². The summed E-state index contributed by atoms with van der Waals surface area (Å²) in [6.07, 6.45) is 8.53. The van der Waals surface area contributed by atoms with Gasteiger partial charge in [0.15, 0.2) is 0 Å². The predicted octanol–water partition coefficient (Wildman–Crippen LogP) is 4.06. The standard InChI is InChI=1S/C16H24O3S/c1-14-9-11-16(12-10-14)20(17,18)19-13-5-4-8-15-6-2-3-7-15/h9-12,15H,2-8,13H2,1H3. The minimum atomic E-state index is -3.58. The van der Waals surface area contributed by atoms with E-state index < -0.39 is 10.1 Å². The first-order valence-electron chi connectivity index (χ1n) is 7.54. The van der Waals surface area contributed by atoms with Crippen molar-refractivity contribution in [3.63, 3.8) is 0 Å². The molecule has 0 radical (unpaired) electrons. The lowest BCUT2D eigenvalue weighted by Gasteiger charge is -2.09. The average molecular weight is 296 g/mol. The van der Waals surface area contributed by atoms with E-state index in [1.54, 1.807) is 24.3 Å². The minimum absolute atomic E-state index is 0.249. The molecule has 1 aliphatic carbocycles. The van der Waals surface area contributed by atoms with Crippen molar-refractivity contribution in [3.8, 4) is 0 Å². The number of rotatable bonds is 7. The van der Waals surface area contributed by atoms with Crippen LogP contribution in [0.4, 0.5) is 0 Å². The van der Waals surface area contributed by atoms with Crippen LogP contribution in [0.5, 0.6) is 0 Å². The first-order chi connectivity index (χ1) is 9.58. The molecule has 4 heteroatoms. The van der Waals surface area contributed by atoms with Gasteiger partial charge in [0.1, 0.15) is 0 Å². The molecule has 112 valence electrons. The van der Waals surface area contributed by atoms with Crippen LogP contribution >= 0.6 is 0 Å². The van der Waals surface area contributed by atoms with Gasteiger partial charge in [0.25, 0.3) is 10.1 Å². The molecular formula is C16H24O3S. The SMILES string of the molecule is Cc1ccc(S(=O)(=O)OCCCCC2CCCC2)cc1. The number of unbranched alkanes of at least 4 members (excludes halogenated alkanes) is 1. The molecule has 1 aromatic carbocycles. The summed E-state index contributed by atoms with van der Waals surface area (Å²) < 4.78 is 29.0. The van der Waals surface area contributed by atoms with Crippen molar-refractivity contribution in [2.24, 2.45) is 5.92 Å². The van der Waals surface area contributed by atoms with Crippen LogP contribution in [0.25, 0.3) is 0 Å². The van der Waals surface area contributed by atoms with E-state index in [0.717, 1.165) is 24.3 Å². The molecule has 0 aliphatic heterocycles. The number of hydrogen-bond acceptors (Lipinski definition) is 3. The summed E-state index contributed by atoms with van der Waals surface area (Å²) in [6.45, 7) is 2.23. The van der Waals surface area contributed by atoms with Gasteiger partial charge in [-0.25, -0.2) is 0 Å². The minimum Gasteiger partial charge on any atom is -0.266 e. The molecule has 0 bridgehead atoms. The van der Waals surface area contributed by atoms with Crippen LogP contribution in [0, 0.1) is 12.8 Å². The monoisotopic (exact) mass is 296 g/mol. The summed E-state index contributed by atoms with van der Waals surface area (Å²) in [5, 5.41) is 0. The van der Waals surface area contributed by atoms with E-state index in [2.05, 4.69) is 0 Å². The highest BCUT2D eigenvalue weighted by Crippen LogP contribution is 2.28. The molecule has 0 unspecified atom stereocenters. The van der Waals surface area contributed by atoms with E-state index >= 15 is 0 Å². The fourth-order valence-electron chi connectivity index (χ4n) is 2.78. The van der Waals surface area contributed by atoms with Crippen molar-refractivity contribution in [3.05, 3.63) is 29.8 Å². The Bertz CT molecular complexity index is 499. The lowest BCUT2D eigenvalue weighted by Crippen LogP contribution is -2.08. The zero-order chi connectivity index (χ0) is 14.4. The zero-order valence-corrected chi connectivity index (χ0v) is 13.0. The Labute approximate surface area is 122 Å². The maximum Gasteiger partial charge on any atom is 0.296 e. The van der Waals surface area contributed by atoms with Gasteiger partial charge in [-0.1, -0.05) is 56.2 Å². The van der Waals surface area contributed by atoms with E-state index in [1.807, 2.05) is 6.92 Å². The molecule has 1 saturated carbocycles. The molecule has 0 amide bonds. The summed E-state index contributed by atoms with van der Waals surface area (Å²) in [6, 6.07) is 6.78. The summed E-state index contributed by atoms with van der Waals surface area (Å²) in [7, 11) is -3.58. The quantitative estimate of drug-likeness (QED) is 0.563. The molecule has 1 aromatic rings. The molecule has 0 aromatic heterocycles. The highest BCUT2D eigenvalue weighted by Gasteiger charge is 2.16. The second-order valence-electron chi connectivity index (χ2n) is 5.74. The molecule has 0 spiro atoms. The molecule has 2 rings (SSSR count). The Kier molecular flexibility index (Phi) is 5.61. The fraction of sp³-hybridized carbons (Fsp3) is 0.625. The lowest BCUT2D eigenvalue weighted by atomic mass is 10.0. The molecule has 0 N–H and O–H groups in total. The van der Waals surface area contributed by atoms with E-state index in [4.69, 9.17) is 4.18 Å². The van der Waals surface area contributed by atoms with Gasteiger partial charge in [0.2, 0.25) is 0 Å². The lowest BCUT2D eigenvalue weighted by molar-refractivity contribution is 0.301. The third kappa shape index (κ3) is 4.60. The van der Waals surface area contributed by atoms with Crippen molar-refractivity contribution in [1.29, 1.82) is 0 Å². The van der Waals surface area contributed by atoms with Gasteiger partial charge in [-0.3, -0.25) is 4.18 Å². The van der Waals surface area contributed by atoms with Crippen molar-refractivity contribution in [2.45, 2.75) is 56.8 Å². The Morgan fingerprint density at radius 2 is 1.75 bits per heavy atom. The van der Waals surface area contributed by atoms with Gasteiger partial charge in [-0.05, 0) is 31.4 Å². The zero-order valence-electron chi connectivity index (χ0n) is 12.2. The van der Waals surface area contributed by atoms with E-state index in [0.29, 0.717) is 6.61 Å². The second kappa shape index (κ2) is 7.23. The number of hydrogen-bond donors (Lipinski definition) is 0. The fourth-order valence-corrected chi connectivity index (χ4v) is 3.72. The van der Waals surface area contributed by atoms with Gasteiger partial charge < -0.3 is 0 Å². The molecule has 20 heavy (non-hydrogen) atoms. The van der Waals surface area contributed by atoms with Crippen LogP contribution < -0.4 is 0 Å². The van der Waals surface area contributed by atoms with Crippen LogP contribution in [-0.4, -0.2) is 15.0 Å². The molecule has 3 nitrogen and oxygen atoms in total. The molecule has 1 aliphatic rings. The van der Waals surface area contributed by atoms with Gasteiger partial charge in [-0.15, -0.1) is 0 Å². The largest absolute Gasteiger partial charge is 0.296 e. The van der Waals surface area contributed by atoms with E-state index in [9.17, 15) is 8.42 Å². The topological polar surface area (TPSA) is 43.4 Å². The molecule has 0 saturated heterocycles. The molecule has 0 atom stereocenters. The van der Waals surface area contributed by atoms with E-state index in [-0.39, 0.29) is 4.90 Å². The van der Waals surface area contributed by atoms with Crippen LogP contribution in [0.15, 0.2) is 29.2 Å². The highest BCUT2D eigenvalue weighted by molar-refractivity contribution is 7.86. The van der Waals surface area contributed by atoms with Crippen molar-refractivity contribution < 1.29 is 12.6 Å². The van der Waals surface area contributed by atoms with E-state index in [1.165, 1.54) is 32.1 Å². The first kappa shape index (κ1) is 15.5. The van der Waals surface area contributed by atoms with Gasteiger partial charge >= 0.3 is 0 Å². The Balaban J connectivity index is 1.71. The van der Waals surface area contributed by atoms with Crippen LogP contribution in [0.1, 0.15) is 50.5 Å². The highest BCUT2D eigenvalue weighted by atomic mass is 32.2. The summed E-state index contributed by atoms with van der Waals surface area (Å²) in [4.78, 5) is 0.249. The maximum atomic E-state index is 11.9. The number of aryl methyl sites for hydroxylation is 1. The summed E-state index contributed by atoms with van der Waals surface area (Å²) in [5.41, 5.74) is 1.04. The van der Waals surface area contributed by atoms with Crippen LogP contribution in [0.3, 0.4) is 0 Å². The van der Waals surface area contributed by atoms with Crippen molar-refractivity contribution >= 4 is 10.1 Å². The molecular weight excluding hydrogens is 272 g/mol. The first-order valence-corrected chi connectivity index (χ1v) is 8.95. The molecule has 0 heterocycles. The van der Waals surface area contributed by atoms with Gasteiger partial charge in [-0.2, -0.15) is 8.42 Å². The Morgan fingerprint density at radius 1 is 1.10 bits per heavy atom.